The van der Waals surface area contributed by atoms with Crippen LogP contribution in [0.15, 0.2) is 23.8 Å². The summed E-state index contributed by atoms with van der Waals surface area (Å²) in [4.78, 5) is 22.2. The summed E-state index contributed by atoms with van der Waals surface area (Å²) in [6.45, 7) is 4.77. The average Bonchev–Trinajstić information content (AvgIpc) is 2.31. The molecule has 0 aliphatic heterocycles. The minimum absolute atomic E-state index is 0.352. The first-order valence-corrected chi connectivity index (χ1v) is 6.14. The third-order valence-electron chi connectivity index (χ3n) is 2.96. The van der Waals surface area contributed by atoms with Crippen LogP contribution in [0.25, 0.3) is 0 Å². The monoisotopic (exact) mass is 260 g/mol. The summed E-state index contributed by atoms with van der Waals surface area (Å²) in [5.41, 5.74) is 3.05. The molecular formula is C15H16O4. The fourth-order valence-corrected chi connectivity index (χ4v) is 2.20. The van der Waals surface area contributed by atoms with Gasteiger partial charge in [-0.2, -0.15) is 0 Å². The van der Waals surface area contributed by atoms with Crippen molar-refractivity contribution in [2.45, 2.75) is 33.6 Å². The van der Waals surface area contributed by atoms with Gasteiger partial charge in [-0.15, -0.1) is 0 Å². The Kier molecular flexibility index (Phi) is 3.69. The van der Waals surface area contributed by atoms with Gasteiger partial charge in [-0.3, -0.25) is 9.59 Å². The number of benzene rings is 1. The highest BCUT2D eigenvalue weighted by Gasteiger charge is 2.20. The van der Waals surface area contributed by atoms with Crippen LogP contribution in [-0.2, 0) is 22.4 Å². The van der Waals surface area contributed by atoms with Gasteiger partial charge in [0.15, 0.2) is 0 Å². The Bertz CT molecular complexity index is 570. The molecule has 0 atom stereocenters. The molecule has 0 aromatic heterocycles. The van der Waals surface area contributed by atoms with Crippen molar-refractivity contribution in [3.63, 3.8) is 0 Å². The molecular weight excluding hydrogens is 244 g/mol. The third-order valence-corrected chi connectivity index (χ3v) is 2.96. The quantitative estimate of drug-likeness (QED) is 0.466. The number of hydrogen-bond acceptors (Lipinski definition) is 4. The van der Waals surface area contributed by atoms with E-state index in [0.717, 1.165) is 11.1 Å². The van der Waals surface area contributed by atoms with Crippen LogP contribution in [0.4, 0.5) is 0 Å². The van der Waals surface area contributed by atoms with Gasteiger partial charge in [-0.05, 0) is 31.9 Å². The molecule has 19 heavy (non-hydrogen) atoms. The van der Waals surface area contributed by atoms with Gasteiger partial charge in [0.1, 0.15) is 11.5 Å². The highest BCUT2D eigenvalue weighted by atomic mass is 16.5. The first kappa shape index (κ1) is 13.3. The summed E-state index contributed by atoms with van der Waals surface area (Å²) in [5.74, 6) is 0.386. The normalized spacial score (nSPS) is 13.3. The fraction of sp³-hybridized carbons (Fsp3) is 0.333. The summed E-state index contributed by atoms with van der Waals surface area (Å²) < 4.78 is 10.4. The predicted octanol–water partition coefficient (Wildman–Crippen LogP) is 2.58. The third kappa shape index (κ3) is 3.02. The molecule has 1 aromatic carbocycles. The second-order valence-corrected chi connectivity index (χ2v) is 4.64. The number of hydrogen-bond donors (Lipinski definition) is 0. The number of allylic oxidation sites excluding steroid dienone is 2. The second-order valence-electron chi connectivity index (χ2n) is 4.64. The van der Waals surface area contributed by atoms with Gasteiger partial charge in [-0.25, -0.2) is 0 Å². The lowest BCUT2D eigenvalue weighted by Crippen LogP contribution is -2.12. The molecule has 4 nitrogen and oxygen atoms in total. The molecule has 1 aliphatic carbocycles. The molecule has 100 valence electrons. The van der Waals surface area contributed by atoms with Crippen LogP contribution in [0.1, 0.15) is 31.9 Å². The van der Waals surface area contributed by atoms with E-state index in [1.807, 2.05) is 6.92 Å². The zero-order valence-corrected chi connectivity index (χ0v) is 11.3. The van der Waals surface area contributed by atoms with Crippen molar-refractivity contribution in [2.24, 2.45) is 0 Å². The molecule has 0 fully saturated rings. The molecule has 0 saturated heterocycles. The topological polar surface area (TPSA) is 52.6 Å². The van der Waals surface area contributed by atoms with Crippen molar-refractivity contribution < 1.29 is 19.1 Å². The van der Waals surface area contributed by atoms with E-state index in [1.54, 1.807) is 12.1 Å². The van der Waals surface area contributed by atoms with Gasteiger partial charge < -0.3 is 9.47 Å². The van der Waals surface area contributed by atoms with Crippen molar-refractivity contribution >= 4 is 11.9 Å². The molecule has 0 heterocycles. The molecule has 1 aliphatic rings. The molecule has 0 unspecified atom stereocenters. The van der Waals surface area contributed by atoms with Crippen molar-refractivity contribution in [3.8, 4) is 11.5 Å². The van der Waals surface area contributed by atoms with E-state index in [2.05, 4.69) is 6.08 Å². The molecule has 0 saturated carbocycles. The SMILES string of the molecule is CC(=O)Oc1ccc(OC(C)=O)c2c1CC=C(C)C2. The maximum Gasteiger partial charge on any atom is 0.308 e. The zero-order valence-electron chi connectivity index (χ0n) is 11.3. The van der Waals surface area contributed by atoms with Crippen LogP contribution >= 0.6 is 0 Å². The summed E-state index contributed by atoms with van der Waals surface area (Å²) >= 11 is 0. The fourth-order valence-electron chi connectivity index (χ4n) is 2.20. The molecule has 2 rings (SSSR count). The van der Waals surface area contributed by atoms with Gasteiger partial charge in [0.05, 0.1) is 0 Å². The summed E-state index contributed by atoms with van der Waals surface area (Å²) in [7, 11) is 0. The highest BCUT2D eigenvalue weighted by Crippen LogP contribution is 2.36. The number of fused-ring (bicyclic) bond motifs is 1. The van der Waals surface area contributed by atoms with Crippen LogP contribution in [0.5, 0.6) is 11.5 Å². The molecule has 0 spiro atoms. The molecule has 0 radical (unpaired) electrons. The van der Waals surface area contributed by atoms with E-state index in [4.69, 9.17) is 9.47 Å². The van der Waals surface area contributed by atoms with Crippen LogP contribution in [0, 0.1) is 0 Å². The lowest BCUT2D eigenvalue weighted by Gasteiger charge is -2.20. The second kappa shape index (κ2) is 5.26. The van der Waals surface area contributed by atoms with E-state index < -0.39 is 0 Å². The zero-order chi connectivity index (χ0) is 14.0. The molecule has 1 aromatic rings. The Morgan fingerprint density at radius 1 is 1.00 bits per heavy atom. The van der Waals surface area contributed by atoms with E-state index in [1.165, 1.54) is 19.4 Å². The number of rotatable bonds is 2. The Labute approximate surface area is 112 Å². The number of carbonyl (C=O) groups excluding carboxylic acids is 2. The van der Waals surface area contributed by atoms with E-state index >= 15 is 0 Å². The Morgan fingerprint density at radius 3 is 2.05 bits per heavy atom. The Balaban J connectivity index is 2.46. The van der Waals surface area contributed by atoms with Crippen LogP contribution in [-0.4, -0.2) is 11.9 Å². The molecule has 4 heteroatoms. The van der Waals surface area contributed by atoms with Crippen molar-refractivity contribution in [1.29, 1.82) is 0 Å². The lowest BCUT2D eigenvalue weighted by molar-refractivity contribution is -0.133. The first-order valence-electron chi connectivity index (χ1n) is 6.14. The van der Waals surface area contributed by atoms with Gasteiger partial charge in [-0.1, -0.05) is 11.6 Å². The smallest absolute Gasteiger partial charge is 0.308 e. The first-order chi connectivity index (χ1) is 8.97. The Morgan fingerprint density at radius 2 is 1.53 bits per heavy atom. The lowest BCUT2D eigenvalue weighted by atomic mass is 9.91. The average molecular weight is 260 g/mol. The largest absolute Gasteiger partial charge is 0.426 e. The molecule has 0 amide bonds. The Hall–Kier alpha value is -2.10. The number of carbonyl (C=O) groups is 2. The van der Waals surface area contributed by atoms with Gasteiger partial charge in [0.25, 0.3) is 0 Å². The van der Waals surface area contributed by atoms with Crippen molar-refractivity contribution in [1.82, 2.24) is 0 Å². The van der Waals surface area contributed by atoms with Crippen LogP contribution < -0.4 is 9.47 Å². The minimum atomic E-state index is -0.353. The van der Waals surface area contributed by atoms with E-state index in [-0.39, 0.29) is 11.9 Å². The number of esters is 2. The predicted molar refractivity (Wildman–Crippen MR) is 70.2 cm³/mol. The molecule has 0 bridgehead atoms. The maximum absolute atomic E-state index is 11.1. The summed E-state index contributed by atoms with van der Waals surface area (Å²) in [6.07, 6.45) is 3.47. The summed E-state index contributed by atoms with van der Waals surface area (Å²) in [5, 5.41) is 0. The van der Waals surface area contributed by atoms with E-state index in [0.29, 0.717) is 24.3 Å². The summed E-state index contributed by atoms with van der Waals surface area (Å²) in [6, 6.07) is 3.35. The number of ether oxygens (including phenoxy) is 2. The van der Waals surface area contributed by atoms with E-state index in [9.17, 15) is 9.59 Å². The minimum Gasteiger partial charge on any atom is -0.426 e. The van der Waals surface area contributed by atoms with Crippen LogP contribution in [0.3, 0.4) is 0 Å². The van der Waals surface area contributed by atoms with Crippen molar-refractivity contribution in [2.75, 3.05) is 0 Å². The van der Waals surface area contributed by atoms with Gasteiger partial charge in [0, 0.05) is 25.0 Å². The maximum atomic E-state index is 11.1. The van der Waals surface area contributed by atoms with Crippen LogP contribution in [0.2, 0.25) is 0 Å². The van der Waals surface area contributed by atoms with Crippen molar-refractivity contribution in [3.05, 3.63) is 34.9 Å². The molecule has 0 N–H and O–H groups in total. The highest BCUT2D eigenvalue weighted by molar-refractivity contribution is 5.73. The van der Waals surface area contributed by atoms with Gasteiger partial charge in [0.2, 0.25) is 0 Å². The standard InChI is InChI=1S/C15H16O4/c1-9-4-5-12-13(8-9)15(19-11(3)17)7-6-14(12)18-10(2)16/h4,6-7H,5,8H2,1-3H3. The van der Waals surface area contributed by atoms with Gasteiger partial charge >= 0.3 is 11.9 Å².